The molecule has 0 N–H and O–H groups in total. The number of hydrogen-bond acceptors (Lipinski definition) is 6. The molecule has 3 rings (SSSR count). The molecule has 0 spiro atoms. The first-order valence-electron chi connectivity index (χ1n) is 8.96. The lowest BCUT2D eigenvalue weighted by Gasteiger charge is -2.33. The lowest BCUT2D eigenvalue weighted by molar-refractivity contribution is 0.0183. The van der Waals surface area contributed by atoms with Crippen LogP contribution in [0.25, 0.3) is 0 Å². The fourth-order valence-electron chi connectivity index (χ4n) is 3.19. The van der Waals surface area contributed by atoms with E-state index in [1.165, 1.54) is 0 Å². The van der Waals surface area contributed by atoms with Gasteiger partial charge in [-0.05, 0) is 46.5 Å². The second kappa shape index (κ2) is 7.42. The zero-order valence-corrected chi connectivity index (χ0v) is 16.2. The summed E-state index contributed by atoms with van der Waals surface area (Å²) in [5, 5.41) is 8.27. The summed E-state index contributed by atoms with van der Waals surface area (Å²) in [6, 6.07) is -0.0984. The summed E-state index contributed by atoms with van der Waals surface area (Å²) in [7, 11) is 0. The predicted molar refractivity (Wildman–Crippen MR) is 94.2 cm³/mol. The molecule has 1 saturated carbocycles. The molecule has 1 aromatic heterocycles. The van der Waals surface area contributed by atoms with Crippen molar-refractivity contribution in [2.24, 2.45) is 0 Å². The molecule has 0 radical (unpaired) electrons. The van der Waals surface area contributed by atoms with Gasteiger partial charge >= 0.3 is 12.1 Å². The molecule has 2 fully saturated rings. The molecular formula is C17H25ClN4O4. The Balaban J connectivity index is 1.68. The van der Waals surface area contributed by atoms with Gasteiger partial charge in [-0.15, -0.1) is 5.10 Å². The fraction of sp³-hybridized carbons (Fsp3) is 0.765. The number of piperidine rings is 1. The minimum Gasteiger partial charge on any atom is -0.445 e. The van der Waals surface area contributed by atoms with Gasteiger partial charge in [0.1, 0.15) is 5.60 Å². The van der Waals surface area contributed by atoms with E-state index < -0.39 is 11.6 Å². The van der Waals surface area contributed by atoms with Crippen molar-refractivity contribution in [3.63, 3.8) is 0 Å². The highest BCUT2D eigenvalue weighted by atomic mass is 35.5. The Kier molecular flexibility index (Phi) is 5.41. The summed E-state index contributed by atoms with van der Waals surface area (Å²) in [4.78, 5) is 26.0. The molecule has 1 saturated heterocycles. The number of amides is 1. The van der Waals surface area contributed by atoms with Crippen LogP contribution < -0.4 is 0 Å². The van der Waals surface area contributed by atoms with Crippen molar-refractivity contribution in [2.75, 3.05) is 19.2 Å². The number of carbonyl (C=O) groups excluding carboxylic acids is 2. The van der Waals surface area contributed by atoms with Gasteiger partial charge in [0.05, 0.1) is 11.7 Å². The van der Waals surface area contributed by atoms with Crippen LogP contribution in [0.15, 0.2) is 0 Å². The second-order valence-electron chi connectivity index (χ2n) is 7.78. The molecule has 8 nitrogen and oxygen atoms in total. The van der Waals surface area contributed by atoms with Crippen LogP contribution in [0.2, 0.25) is 0 Å². The lowest BCUT2D eigenvalue weighted by Crippen LogP contribution is -2.42. The van der Waals surface area contributed by atoms with Crippen LogP contribution in [0.5, 0.6) is 0 Å². The summed E-state index contributed by atoms with van der Waals surface area (Å²) in [5.41, 5.74) is 0.606. The Bertz CT molecular complexity index is 673. The number of rotatable bonds is 4. The number of aromatic nitrogens is 3. The molecule has 0 unspecified atom stereocenters. The van der Waals surface area contributed by atoms with Crippen molar-refractivity contribution in [3.05, 3.63) is 11.4 Å². The summed E-state index contributed by atoms with van der Waals surface area (Å²) in [6.45, 7) is 6.75. The van der Waals surface area contributed by atoms with E-state index in [1.54, 1.807) is 4.90 Å². The Hall–Kier alpha value is -1.83. The maximum atomic E-state index is 12.2. The molecule has 1 aliphatic carbocycles. The van der Waals surface area contributed by atoms with Crippen molar-refractivity contribution in [3.8, 4) is 0 Å². The molecule has 0 bridgehead atoms. The van der Waals surface area contributed by atoms with Gasteiger partial charge in [0, 0.05) is 19.0 Å². The van der Waals surface area contributed by atoms with Crippen LogP contribution in [-0.2, 0) is 9.47 Å². The second-order valence-corrected chi connectivity index (χ2v) is 8.00. The summed E-state index contributed by atoms with van der Waals surface area (Å²) in [6.07, 6.45) is 3.23. The van der Waals surface area contributed by atoms with E-state index in [4.69, 9.17) is 21.1 Å². The van der Waals surface area contributed by atoms with Crippen LogP contribution in [0.4, 0.5) is 4.79 Å². The highest BCUT2D eigenvalue weighted by Crippen LogP contribution is 2.43. The quantitative estimate of drug-likeness (QED) is 0.585. The summed E-state index contributed by atoms with van der Waals surface area (Å²) >= 11 is 5.49. The van der Waals surface area contributed by atoms with Crippen LogP contribution in [0, 0.1) is 0 Å². The van der Waals surface area contributed by atoms with Gasteiger partial charge in [-0.1, -0.05) is 16.8 Å². The molecule has 9 heteroatoms. The number of halogens is 1. The maximum Gasteiger partial charge on any atom is 0.410 e. The van der Waals surface area contributed by atoms with Crippen molar-refractivity contribution in [1.82, 2.24) is 19.9 Å². The molecule has 2 heterocycles. The first kappa shape index (κ1) is 18.9. The zero-order chi connectivity index (χ0) is 18.9. The normalized spacial score (nSPS) is 18.7. The first-order valence-corrected chi connectivity index (χ1v) is 9.49. The monoisotopic (exact) mass is 384 g/mol. The number of hydrogen-bond donors (Lipinski definition) is 0. The number of carbonyl (C=O) groups is 2. The topological polar surface area (TPSA) is 86.5 Å². The van der Waals surface area contributed by atoms with E-state index in [0.717, 1.165) is 31.4 Å². The van der Waals surface area contributed by atoms with E-state index in [2.05, 4.69) is 10.3 Å². The van der Waals surface area contributed by atoms with E-state index in [9.17, 15) is 9.59 Å². The van der Waals surface area contributed by atoms with Crippen molar-refractivity contribution in [1.29, 1.82) is 0 Å². The summed E-state index contributed by atoms with van der Waals surface area (Å²) < 4.78 is 12.2. The molecular weight excluding hydrogens is 360 g/mol. The van der Waals surface area contributed by atoms with Gasteiger partial charge in [-0.3, -0.25) is 0 Å². The first-order chi connectivity index (χ1) is 12.3. The molecule has 2 aliphatic rings. The molecule has 1 amide bonds. The molecule has 0 aromatic carbocycles. The van der Waals surface area contributed by atoms with Gasteiger partial charge < -0.3 is 14.4 Å². The van der Waals surface area contributed by atoms with Crippen molar-refractivity contribution >= 4 is 23.7 Å². The van der Waals surface area contributed by atoms with E-state index in [-0.39, 0.29) is 23.9 Å². The fourth-order valence-corrected chi connectivity index (χ4v) is 3.29. The molecule has 1 aliphatic heterocycles. The van der Waals surface area contributed by atoms with Gasteiger partial charge in [0.15, 0.2) is 11.8 Å². The number of esters is 1. The third kappa shape index (κ3) is 4.28. The van der Waals surface area contributed by atoms with Crippen molar-refractivity contribution < 1.29 is 19.1 Å². The average Bonchev–Trinajstić information content (AvgIpc) is 3.31. The number of alkyl halides is 1. The van der Waals surface area contributed by atoms with E-state index in [1.807, 2.05) is 25.5 Å². The molecule has 0 atom stereocenters. The van der Waals surface area contributed by atoms with Crippen LogP contribution in [0.1, 0.15) is 74.6 Å². The third-order valence-electron chi connectivity index (χ3n) is 4.54. The number of likely N-dealkylation sites (tertiary alicyclic amines) is 1. The van der Waals surface area contributed by atoms with Gasteiger partial charge in [0.2, 0.25) is 0 Å². The van der Waals surface area contributed by atoms with Crippen molar-refractivity contribution in [2.45, 2.75) is 64.0 Å². The number of nitrogens with zero attached hydrogens (tertiary/aromatic N) is 4. The van der Waals surface area contributed by atoms with Gasteiger partial charge in [-0.25, -0.2) is 14.3 Å². The predicted octanol–water partition coefficient (Wildman–Crippen LogP) is 3.08. The smallest absolute Gasteiger partial charge is 0.410 e. The third-order valence-corrected chi connectivity index (χ3v) is 4.64. The Labute approximate surface area is 157 Å². The Morgan fingerprint density at radius 2 is 1.85 bits per heavy atom. The summed E-state index contributed by atoms with van der Waals surface area (Å²) in [5.74, 6) is -0.230. The minimum atomic E-state index is -0.528. The van der Waals surface area contributed by atoms with E-state index >= 15 is 0 Å². The largest absolute Gasteiger partial charge is 0.445 e. The molecule has 144 valence electrons. The minimum absolute atomic E-state index is 0.106. The van der Waals surface area contributed by atoms with E-state index in [0.29, 0.717) is 19.0 Å². The highest BCUT2D eigenvalue weighted by Gasteiger charge is 2.37. The van der Waals surface area contributed by atoms with Crippen LogP contribution in [0.3, 0.4) is 0 Å². The Morgan fingerprint density at radius 1 is 1.19 bits per heavy atom. The lowest BCUT2D eigenvalue weighted by atomic mass is 10.0. The average molecular weight is 385 g/mol. The van der Waals surface area contributed by atoms with Crippen LogP contribution >= 0.6 is 11.6 Å². The van der Waals surface area contributed by atoms with Gasteiger partial charge in [-0.2, -0.15) is 0 Å². The number of ether oxygens (including phenoxy) is 2. The molecule has 26 heavy (non-hydrogen) atoms. The molecule has 1 aromatic rings. The van der Waals surface area contributed by atoms with Crippen LogP contribution in [-0.4, -0.2) is 56.7 Å². The maximum absolute atomic E-state index is 12.2. The SMILES string of the molecule is CC(C)(C)OC(=O)N1CCC(n2nnc(C(=O)OCCl)c2C2CC2)CC1. The highest BCUT2D eigenvalue weighted by molar-refractivity contribution is 6.17. The Morgan fingerprint density at radius 3 is 2.38 bits per heavy atom. The van der Waals surface area contributed by atoms with Gasteiger partial charge in [0.25, 0.3) is 0 Å². The standard InChI is InChI=1S/C17H25ClN4O4/c1-17(2,3)26-16(24)21-8-6-12(7-9-21)22-14(11-4-5-11)13(19-20-22)15(23)25-10-18/h11-12H,4-10H2,1-3H3. The zero-order valence-electron chi connectivity index (χ0n) is 15.4.